The first-order chi connectivity index (χ1) is 8.80. The lowest BCUT2D eigenvalue weighted by Gasteiger charge is -2.34. The van der Waals surface area contributed by atoms with E-state index in [9.17, 15) is 8.42 Å². The van der Waals surface area contributed by atoms with Crippen molar-refractivity contribution in [1.82, 2.24) is 4.31 Å². The Hall–Kier alpha value is -0.620. The molecule has 19 heavy (non-hydrogen) atoms. The monoisotopic (exact) mass is 303 g/mol. The highest BCUT2D eigenvalue weighted by Crippen LogP contribution is 2.27. The van der Waals surface area contributed by atoms with Gasteiger partial charge in [0.2, 0.25) is 10.0 Å². The van der Waals surface area contributed by atoms with Crippen LogP contribution in [0.1, 0.15) is 19.4 Å². The molecule has 1 fully saturated rings. The molecule has 1 aliphatic rings. The maximum atomic E-state index is 12.6. The molecule has 2 rings (SSSR count). The van der Waals surface area contributed by atoms with Crippen molar-refractivity contribution in [2.75, 3.05) is 13.1 Å². The van der Waals surface area contributed by atoms with Gasteiger partial charge in [0, 0.05) is 13.1 Å². The number of benzene rings is 1. The van der Waals surface area contributed by atoms with Crippen LogP contribution in [0, 0.1) is 6.92 Å². The predicted molar refractivity (Wildman–Crippen MR) is 75.0 cm³/mol. The number of hydrogen-bond acceptors (Lipinski definition) is 3. The van der Waals surface area contributed by atoms with Gasteiger partial charge in [0.25, 0.3) is 0 Å². The summed E-state index contributed by atoms with van der Waals surface area (Å²) in [6.07, 6.45) is -0.217. The van der Waals surface area contributed by atoms with E-state index in [1.165, 1.54) is 4.31 Å². The zero-order valence-electron chi connectivity index (χ0n) is 11.3. The second kappa shape index (κ2) is 5.40. The largest absolute Gasteiger partial charge is 0.373 e. The predicted octanol–water partition coefficient (Wildman–Crippen LogP) is 2.45. The summed E-state index contributed by atoms with van der Waals surface area (Å²) in [6.45, 7) is 6.33. The third kappa shape index (κ3) is 3.11. The standard InChI is InChI=1S/C13H18ClNO3S/c1-9-4-5-13(12(14)6-9)19(16,17)15-7-10(2)18-11(3)8-15/h4-6,10-11H,7-8H2,1-3H3. The molecule has 1 aliphatic heterocycles. The van der Waals surface area contributed by atoms with Crippen LogP contribution in [0.3, 0.4) is 0 Å². The Bertz CT molecular complexity index is 563. The molecule has 2 atom stereocenters. The lowest BCUT2D eigenvalue weighted by atomic mass is 10.2. The van der Waals surface area contributed by atoms with E-state index in [0.29, 0.717) is 13.1 Å². The van der Waals surface area contributed by atoms with E-state index >= 15 is 0 Å². The molecule has 0 saturated carbocycles. The van der Waals surface area contributed by atoms with Crippen LogP contribution in [0.4, 0.5) is 0 Å². The highest BCUT2D eigenvalue weighted by atomic mass is 35.5. The van der Waals surface area contributed by atoms with Crippen LogP contribution in [0.5, 0.6) is 0 Å². The third-order valence-electron chi connectivity index (χ3n) is 3.09. The molecule has 106 valence electrons. The first kappa shape index (κ1) is 14.8. The summed E-state index contributed by atoms with van der Waals surface area (Å²) in [5.41, 5.74) is 0.938. The van der Waals surface area contributed by atoms with E-state index in [2.05, 4.69) is 0 Å². The van der Waals surface area contributed by atoms with Crippen LogP contribution < -0.4 is 0 Å². The van der Waals surface area contributed by atoms with Crippen molar-refractivity contribution in [2.24, 2.45) is 0 Å². The Morgan fingerprint density at radius 3 is 2.37 bits per heavy atom. The number of ether oxygens (including phenoxy) is 1. The Morgan fingerprint density at radius 2 is 1.84 bits per heavy atom. The highest BCUT2D eigenvalue weighted by molar-refractivity contribution is 7.89. The van der Waals surface area contributed by atoms with Gasteiger partial charge in [-0.3, -0.25) is 0 Å². The minimum Gasteiger partial charge on any atom is -0.373 e. The van der Waals surface area contributed by atoms with Crippen molar-refractivity contribution in [3.63, 3.8) is 0 Å². The quantitative estimate of drug-likeness (QED) is 0.843. The maximum absolute atomic E-state index is 12.6. The molecule has 1 heterocycles. The van der Waals surface area contributed by atoms with Crippen molar-refractivity contribution in [2.45, 2.75) is 37.9 Å². The molecule has 0 amide bonds. The topological polar surface area (TPSA) is 46.6 Å². The van der Waals surface area contributed by atoms with Crippen molar-refractivity contribution in [3.8, 4) is 0 Å². The Labute approximate surface area is 119 Å². The van der Waals surface area contributed by atoms with E-state index in [1.54, 1.807) is 18.2 Å². The molecule has 1 aromatic carbocycles. The van der Waals surface area contributed by atoms with Crippen LogP contribution in [0.25, 0.3) is 0 Å². The molecular formula is C13H18ClNO3S. The van der Waals surface area contributed by atoms with Crippen molar-refractivity contribution in [3.05, 3.63) is 28.8 Å². The fraction of sp³-hybridized carbons (Fsp3) is 0.538. The molecule has 0 aliphatic carbocycles. The van der Waals surface area contributed by atoms with Crippen LogP contribution in [-0.4, -0.2) is 38.0 Å². The van der Waals surface area contributed by atoms with Gasteiger partial charge in [0.05, 0.1) is 17.2 Å². The number of rotatable bonds is 2. The van der Waals surface area contributed by atoms with E-state index in [-0.39, 0.29) is 22.1 Å². The van der Waals surface area contributed by atoms with E-state index < -0.39 is 10.0 Å². The summed E-state index contributed by atoms with van der Waals surface area (Å²) in [5, 5.41) is 0.270. The van der Waals surface area contributed by atoms with Gasteiger partial charge in [-0.25, -0.2) is 8.42 Å². The van der Waals surface area contributed by atoms with Crippen LogP contribution in [-0.2, 0) is 14.8 Å². The summed E-state index contributed by atoms with van der Waals surface area (Å²) in [4.78, 5) is 0.168. The van der Waals surface area contributed by atoms with Crippen LogP contribution >= 0.6 is 11.6 Å². The number of sulfonamides is 1. The normalized spacial score (nSPS) is 25.5. The average molecular weight is 304 g/mol. The van der Waals surface area contributed by atoms with Gasteiger partial charge in [-0.2, -0.15) is 4.31 Å². The zero-order chi connectivity index (χ0) is 14.2. The minimum atomic E-state index is -3.55. The molecule has 2 unspecified atom stereocenters. The second-order valence-electron chi connectivity index (χ2n) is 5.01. The lowest BCUT2D eigenvalue weighted by molar-refractivity contribution is -0.0440. The van der Waals surface area contributed by atoms with Gasteiger partial charge in [-0.15, -0.1) is 0 Å². The number of nitrogens with zero attached hydrogens (tertiary/aromatic N) is 1. The average Bonchev–Trinajstić information content (AvgIpc) is 2.26. The number of morpholine rings is 1. The molecule has 4 nitrogen and oxygen atoms in total. The van der Waals surface area contributed by atoms with Gasteiger partial charge in [-0.05, 0) is 38.5 Å². The Morgan fingerprint density at radius 1 is 1.26 bits per heavy atom. The van der Waals surface area contributed by atoms with Crippen molar-refractivity contribution >= 4 is 21.6 Å². The summed E-state index contributed by atoms with van der Waals surface area (Å²) >= 11 is 6.07. The molecule has 1 saturated heterocycles. The van der Waals surface area contributed by atoms with Gasteiger partial charge in [-0.1, -0.05) is 17.7 Å². The maximum Gasteiger partial charge on any atom is 0.244 e. The molecule has 0 radical (unpaired) electrons. The summed E-state index contributed by atoms with van der Waals surface area (Å²) in [6, 6.07) is 4.99. The van der Waals surface area contributed by atoms with Crippen molar-refractivity contribution in [1.29, 1.82) is 0 Å². The minimum absolute atomic E-state index is 0.109. The zero-order valence-corrected chi connectivity index (χ0v) is 12.8. The number of aryl methyl sites for hydroxylation is 1. The molecular weight excluding hydrogens is 286 g/mol. The Balaban J connectivity index is 2.36. The highest BCUT2D eigenvalue weighted by Gasteiger charge is 2.33. The first-order valence-corrected chi connectivity index (χ1v) is 8.04. The van der Waals surface area contributed by atoms with E-state index in [4.69, 9.17) is 16.3 Å². The first-order valence-electron chi connectivity index (χ1n) is 6.22. The van der Waals surface area contributed by atoms with E-state index in [1.807, 2.05) is 20.8 Å². The Kier molecular flexibility index (Phi) is 4.20. The fourth-order valence-corrected chi connectivity index (χ4v) is 4.44. The second-order valence-corrected chi connectivity index (χ2v) is 7.33. The molecule has 0 spiro atoms. The van der Waals surface area contributed by atoms with Crippen LogP contribution in [0.15, 0.2) is 23.1 Å². The van der Waals surface area contributed by atoms with Gasteiger partial charge < -0.3 is 4.74 Å². The molecule has 0 N–H and O–H groups in total. The van der Waals surface area contributed by atoms with Gasteiger partial charge in [0.1, 0.15) is 4.90 Å². The fourth-order valence-electron chi connectivity index (χ4n) is 2.28. The smallest absolute Gasteiger partial charge is 0.244 e. The summed E-state index contributed by atoms with van der Waals surface area (Å²) in [7, 11) is -3.55. The lowest BCUT2D eigenvalue weighted by Crippen LogP contribution is -2.48. The SMILES string of the molecule is Cc1ccc(S(=O)(=O)N2CC(C)OC(C)C2)c(Cl)c1. The molecule has 6 heteroatoms. The summed E-state index contributed by atoms with van der Waals surface area (Å²) < 4.78 is 32.2. The van der Waals surface area contributed by atoms with Gasteiger partial charge in [0.15, 0.2) is 0 Å². The molecule has 0 aromatic heterocycles. The third-order valence-corrected chi connectivity index (χ3v) is 5.41. The summed E-state index contributed by atoms with van der Waals surface area (Å²) in [5.74, 6) is 0. The number of hydrogen-bond donors (Lipinski definition) is 0. The number of halogens is 1. The van der Waals surface area contributed by atoms with E-state index in [0.717, 1.165) is 5.56 Å². The van der Waals surface area contributed by atoms with Crippen molar-refractivity contribution < 1.29 is 13.2 Å². The van der Waals surface area contributed by atoms with Gasteiger partial charge >= 0.3 is 0 Å². The molecule has 0 bridgehead atoms. The van der Waals surface area contributed by atoms with Crippen LogP contribution in [0.2, 0.25) is 5.02 Å². The molecule has 1 aromatic rings.